The number of aryl methyl sites for hydroxylation is 2. The van der Waals surface area contributed by atoms with E-state index in [0.717, 1.165) is 29.0 Å². The van der Waals surface area contributed by atoms with Crippen molar-refractivity contribution < 1.29 is 9.21 Å². The highest BCUT2D eigenvalue weighted by Gasteiger charge is 2.41. The van der Waals surface area contributed by atoms with Crippen molar-refractivity contribution in [2.75, 3.05) is 16.5 Å². The Labute approximate surface area is 152 Å². The number of nitrogens with zero attached hydrogens (tertiary/aromatic N) is 2. The summed E-state index contributed by atoms with van der Waals surface area (Å²) in [5.41, 5.74) is 7.01. The van der Waals surface area contributed by atoms with Crippen molar-refractivity contribution in [2.24, 2.45) is 0 Å². The lowest BCUT2D eigenvalue weighted by atomic mass is 9.90. The molecule has 2 bridgehead atoms. The maximum atomic E-state index is 13.4. The SMILES string of the molecule is Cc1ccc2c(c1)CN1CN2[C@H](C(=O)c2ccco2)c2cc(C)ccc21. The van der Waals surface area contributed by atoms with E-state index in [1.165, 1.54) is 11.1 Å². The molecule has 3 heterocycles. The van der Waals surface area contributed by atoms with E-state index < -0.39 is 0 Å². The van der Waals surface area contributed by atoms with Gasteiger partial charge in [-0.15, -0.1) is 0 Å². The van der Waals surface area contributed by atoms with Gasteiger partial charge in [0.25, 0.3) is 0 Å². The van der Waals surface area contributed by atoms with Gasteiger partial charge in [-0.25, -0.2) is 0 Å². The summed E-state index contributed by atoms with van der Waals surface area (Å²) in [4.78, 5) is 17.9. The average Bonchev–Trinajstić information content (AvgIpc) is 3.15. The van der Waals surface area contributed by atoms with Crippen LogP contribution in [-0.2, 0) is 6.54 Å². The minimum Gasteiger partial charge on any atom is -0.461 e. The van der Waals surface area contributed by atoms with Crippen molar-refractivity contribution in [3.05, 3.63) is 82.8 Å². The zero-order valence-corrected chi connectivity index (χ0v) is 14.9. The summed E-state index contributed by atoms with van der Waals surface area (Å²) in [7, 11) is 0. The second kappa shape index (κ2) is 5.49. The zero-order valence-electron chi connectivity index (χ0n) is 14.9. The minimum atomic E-state index is -0.367. The predicted octanol–water partition coefficient (Wildman–Crippen LogP) is 4.62. The lowest BCUT2D eigenvalue weighted by Crippen LogP contribution is -2.50. The molecule has 0 amide bonds. The van der Waals surface area contributed by atoms with Crippen molar-refractivity contribution >= 4 is 17.2 Å². The molecule has 1 atom stereocenters. The third-order valence-electron chi connectivity index (χ3n) is 5.37. The quantitative estimate of drug-likeness (QED) is 0.636. The highest BCUT2D eigenvalue weighted by molar-refractivity contribution is 6.02. The Morgan fingerprint density at radius 3 is 2.58 bits per heavy atom. The first kappa shape index (κ1) is 15.3. The largest absolute Gasteiger partial charge is 0.461 e. The second-order valence-electron chi connectivity index (χ2n) is 7.25. The molecule has 0 spiro atoms. The number of rotatable bonds is 2. The molecule has 2 aliphatic heterocycles. The Morgan fingerprint density at radius 1 is 1.04 bits per heavy atom. The lowest BCUT2D eigenvalue weighted by Gasteiger charge is -2.48. The molecular formula is C22H20N2O2. The number of anilines is 2. The number of Topliss-reactive ketones (excluding diaryl/α,β-unsaturated/α-hetero) is 1. The minimum absolute atomic E-state index is 0.00919. The highest BCUT2D eigenvalue weighted by Crippen LogP contribution is 2.45. The van der Waals surface area contributed by atoms with Crippen LogP contribution in [0.3, 0.4) is 0 Å². The third-order valence-corrected chi connectivity index (χ3v) is 5.37. The van der Waals surface area contributed by atoms with Crippen LogP contribution in [0.25, 0.3) is 0 Å². The second-order valence-corrected chi connectivity index (χ2v) is 7.25. The summed E-state index contributed by atoms with van der Waals surface area (Å²) in [6.07, 6.45) is 1.56. The van der Waals surface area contributed by atoms with E-state index in [1.54, 1.807) is 18.4 Å². The van der Waals surface area contributed by atoms with Gasteiger partial charge in [0.05, 0.1) is 12.9 Å². The van der Waals surface area contributed by atoms with Crippen LogP contribution in [-0.4, -0.2) is 12.5 Å². The Bertz CT molecular complexity index is 1010. The first-order chi connectivity index (χ1) is 12.6. The summed E-state index contributed by atoms with van der Waals surface area (Å²) in [6.45, 7) is 5.76. The molecule has 1 aromatic heterocycles. The molecule has 3 aromatic rings. The lowest BCUT2D eigenvalue weighted by molar-refractivity contribution is 0.0927. The maximum absolute atomic E-state index is 13.4. The summed E-state index contributed by atoms with van der Waals surface area (Å²) >= 11 is 0. The van der Waals surface area contributed by atoms with Crippen LogP contribution in [0.5, 0.6) is 0 Å². The van der Waals surface area contributed by atoms with Crippen molar-refractivity contribution in [1.82, 2.24) is 0 Å². The van der Waals surface area contributed by atoms with Gasteiger partial charge in [-0.05, 0) is 43.7 Å². The van der Waals surface area contributed by atoms with Gasteiger partial charge in [-0.3, -0.25) is 4.79 Å². The number of furan rings is 1. The molecular weight excluding hydrogens is 324 g/mol. The molecule has 4 nitrogen and oxygen atoms in total. The van der Waals surface area contributed by atoms with E-state index in [0.29, 0.717) is 12.4 Å². The number of ketones is 1. The molecule has 2 aliphatic rings. The maximum Gasteiger partial charge on any atom is 0.224 e. The molecule has 4 heteroatoms. The average molecular weight is 344 g/mol. The number of carbonyl (C=O) groups is 1. The molecule has 5 rings (SSSR count). The number of carbonyl (C=O) groups excluding carboxylic acids is 1. The van der Waals surface area contributed by atoms with E-state index in [-0.39, 0.29) is 11.8 Å². The molecule has 0 aliphatic carbocycles. The Morgan fingerprint density at radius 2 is 1.81 bits per heavy atom. The zero-order chi connectivity index (χ0) is 17.8. The number of fused-ring (bicyclic) bond motifs is 6. The summed E-state index contributed by atoms with van der Waals surface area (Å²) in [5, 5.41) is 0. The van der Waals surface area contributed by atoms with Gasteiger partial charge in [0, 0.05) is 23.5 Å². The van der Waals surface area contributed by atoms with E-state index in [1.807, 2.05) is 0 Å². The van der Waals surface area contributed by atoms with Gasteiger partial charge in [-0.1, -0.05) is 35.4 Å². The molecule has 0 saturated heterocycles. The van der Waals surface area contributed by atoms with Gasteiger partial charge >= 0.3 is 0 Å². The van der Waals surface area contributed by atoms with Crippen LogP contribution in [0.4, 0.5) is 11.4 Å². The Hall–Kier alpha value is -3.01. The van der Waals surface area contributed by atoms with Gasteiger partial charge in [0.1, 0.15) is 6.04 Å². The van der Waals surface area contributed by atoms with E-state index >= 15 is 0 Å². The molecule has 26 heavy (non-hydrogen) atoms. The number of hydrogen-bond acceptors (Lipinski definition) is 4. The van der Waals surface area contributed by atoms with Crippen LogP contribution in [0.1, 0.15) is 38.9 Å². The van der Waals surface area contributed by atoms with Crippen LogP contribution >= 0.6 is 0 Å². The number of hydrogen-bond donors (Lipinski definition) is 0. The van der Waals surface area contributed by atoms with Crippen molar-refractivity contribution in [3.8, 4) is 0 Å². The van der Waals surface area contributed by atoms with Gasteiger partial charge < -0.3 is 14.2 Å². The summed E-state index contributed by atoms with van der Waals surface area (Å²) in [5.74, 6) is 0.421. The summed E-state index contributed by atoms with van der Waals surface area (Å²) in [6, 6.07) is 16.0. The molecule has 130 valence electrons. The fourth-order valence-electron chi connectivity index (χ4n) is 4.20. The molecule has 2 aromatic carbocycles. The van der Waals surface area contributed by atoms with Crippen LogP contribution < -0.4 is 9.80 Å². The fourth-order valence-corrected chi connectivity index (χ4v) is 4.20. The Balaban J connectivity index is 1.72. The van der Waals surface area contributed by atoms with Crippen molar-refractivity contribution in [1.29, 1.82) is 0 Å². The first-order valence-corrected chi connectivity index (χ1v) is 8.91. The van der Waals surface area contributed by atoms with Crippen LogP contribution in [0.2, 0.25) is 0 Å². The smallest absolute Gasteiger partial charge is 0.224 e. The van der Waals surface area contributed by atoms with Gasteiger partial charge in [0.15, 0.2) is 5.76 Å². The van der Waals surface area contributed by atoms with Gasteiger partial charge in [0.2, 0.25) is 5.78 Å². The summed E-state index contributed by atoms with van der Waals surface area (Å²) < 4.78 is 5.45. The number of benzene rings is 2. The highest BCUT2D eigenvalue weighted by atomic mass is 16.3. The molecule has 0 fully saturated rings. The van der Waals surface area contributed by atoms with Gasteiger partial charge in [-0.2, -0.15) is 0 Å². The van der Waals surface area contributed by atoms with E-state index in [2.05, 4.69) is 60.0 Å². The molecule has 0 unspecified atom stereocenters. The van der Waals surface area contributed by atoms with Crippen LogP contribution in [0.15, 0.2) is 59.2 Å². The van der Waals surface area contributed by atoms with E-state index in [4.69, 9.17) is 4.42 Å². The molecule has 0 N–H and O–H groups in total. The topological polar surface area (TPSA) is 36.7 Å². The monoisotopic (exact) mass is 344 g/mol. The van der Waals surface area contributed by atoms with Crippen molar-refractivity contribution in [3.63, 3.8) is 0 Å². The van der Waals surface area contributed by atoms with E-state index in [9.17, 15) is 4.79 Å². The fraction of sp³-hybridized carbons (Fsp3) is 0.227. The standard InChI is InChI=1S/C22H20N2O2/c1-14-5-7-18-16(10-14)12-23-13-24(18)21(22(25)20-4-3-9-26-20)17-11-15(2)6-8-19(17)23/h3-11,21H,12-13H2,1-2H3/t21-/m0/s1. The first-order valence-electron chi connectivity index (χ1n) is 8.91. The Kier molecular flexibility index (Phi) is 3.23. The van der Waals surface area contributed by atoms with Crippen molar-refractivity contribution in [2.45, 2.75) is 26.4 Å². The predicted molar refractivity (Wildman–Crippen MR) is 102 cm³/mol. The molecule has 0 saturated carbocycles. The van der Waals surface area contributed by atoms with Crippen LogP contribution in [0, 0.1) is 13.8 Å². The third kappa shape index (κ3) is 2.18. The normalized spacial score (nSPS) is 17.7. The molecule has 0 radical (unpaired) electrons.